The second-order valence-electron chi connectivity index (χ2n) is 7.18. The lowest BCUT2D eigenvalue weighted by Crippen LogP contribution is -2.43. The molecule has 0 saturated carbocycles. The number of fused-ring (bicyclic) bond motifs is 2. The van der Waals surface area contributed by atoms with Gasteiger partial charge in [-0.3, -0.25) is 19.4 Å². The van der Waals surface area contributed by atoms with E-state index in [0.717, 1.165) is 16.8 Å². The number of benzene rings is 1. The third kappa shape index (κ3) is 2.42. The summed E-state index contributed by atoms with van der Waals surface area (Å²) in [6, 6.07) is 10.5. The van der Waals surface area contributed by atoms with Crippen molar-refractivity contribution < 1.29 is 9.59 Å². The number of rotatable bonds is 2. The normalized spacial score (nSPS) is 22.6. The Bertz CT molecular complexity index is 1180. The lowest BCUT2D eigenvalue weighted by atomic mass is 9.73. The maximum Gasteiger partial charge on any atom is 0.279 e. The van der Waals surface area contributed by atoms with Gasteiger partial charge in [0, 0.05) is 37.0 Å². The first kappa shape index (κ1) is 17.3. The van der Waals surface area contributed by atoms with Gasteiger partial charge in [-0.2, -0.15) is 0 Å². The van der Waals surface area contributed by atoms with Gasteiger partial charge in [-0.1, -0.05) is 24.3 Å². The number of likely N-dealkylation sites (tertiary alicyclic amines) is 1. The maximum absolute atomic E-state index is 13.3. The van der Waals surface area contributed by atoms with Gasteiger partial charge < -0.3 is 15.2 Å². The number of anilines is 1. The largest absolute Gasteiger partial charge is 0.329 e. The molecule has 1 saturated heterocycles. The summed E-state index contributed by atoms with van der Waals surface area (Å²) < 4.78 is 0. The Morgan fingerprint density at radius 1 is 1.14 bits per heavy atom. The zero-order valence-corrected chi connectivity index (χ0v) is 15.3. The average molecular weight is 387 g/mol. The van der Waals surface area contributed by atoms with Crippen LogP contribution in [-0.4, -0.2) is 38.2 Å². The lowest BCUT2D eigenvalue weighted by molar-refractivity contribution is -0.121. The number of hydrogen-bond acceptors (Lipinski definition) is 5. The van der Waals surface area contributed by atoms with Gasteiger partial charge in [-0.15, -0.1) is 0 Å². The van der Waals surface area contributed by atoms with Crippen molar-refractivity contribution in [3.8, 4) is 0 Å². The predicted molar refractivity (Wildman–Crippen MR) is 104 cm³/mol. The van der Waals surface area contributed by atoms with Crippen molar-refractivity contribution in [3.05, 3.63) is 88.4 Å². The van der Waals surface area contributed by atoms with E-state index in [9.17, 15) is 14.4 Å². The van der Waals surface area contributed by atoms with E-state index in [1.165, 1.54) is 12.4 Å². The summed E-state index contributed by atoms with van der Waals surface area (Å²) >= 11 is 0. The van der Waals surface area contributed by atoms with Crippen LogP contribution in [0.5, 0.6) is 0 Å². The molecule has 8 nitrogen and oxygen atoms in total. The van der Waals surface area contributed by atoms with E-state index in [4.69, 9.17) is 0 Å². The number of aromatic amines is 1. The molecule has 0 aliphatic carbocycles. The Labute approximate surface area is 165 Å². The summed E-state index contributed by atoms with van der Waals surface area (Å²) in [4.78, 5) is 51.0. The van der Waals surface area contributed by atoms with Crippen LogP contribution in [0.2, 0.25) is 0 Å². The number of pyridine rings is 1. The molecule has 1 spiro atoms. The Balaban J connectivity index is 1.69. The van der Waals surface area contributed by atoms with Crippen molar-refractivity contribution in [1.29, 1.82) is 0 Å². The van der Waals surface area contributed by atoms with E-state index >= 15 is 0 Å². The molecular formula is C21H17N5O3. The van der Waals surface area contributed by atoms with Crippen LogP contribution in [0.15, 0.2) is 66.0 Å². The number of amides is 2. The summed E-state index contributed by atoms with van der Waals surface area (Å²) in [6.07, 6.45) is 6.49. The molecule has 2 N–H and O–H groups in total. The molecule has 1 aromatic carbocycles. The molecule has 2 aliphatic heterocycles. The van der Waals surface area contributed by atoms with Gasteiger partial charge in [0.25, 0.3) is 11.5 Å². The van der Waals surface area contributed by atoms with E-state index in [2.05, 4.69) is 20.3 Å². The van der Waals surface area contributed by atoms with Gasteiger partial charge in [-0.05, 0) is 29.7 Å². The molecule has 2 atom stereocenters. The number of nitrogens with one attached hydrogen (secondary N) is 2. The highest BCUT2D eigenvalue weighted by Gasteiger charge is 2.59. The van der Waals surface area contributed by atoms with Gasteiger partial charge >= 0.3 is 0 Å². The minimum absolute atomic E-state index is 0.155. The smallest absolute Gasteiger partial charge is 0.279 e. The number of carbonyl (C=O) groups excluding carboxylic acids is 2. The van der Waals surface area contributed by atoms with E-state index in [1.807, 2.05) is 30.3 Å². The third-order valence-corrected chi connectivity index (χ3v) is 5.76. The molecule has 29 heavy (non-hydrogen) atoms. The van der Waals surface area contributed by atoms with Crippen LogP contribution in [-0.2, 0) is 10.2 Å². The van der Waals surface area contributed by atoms with Gasteiger partial charge in [0.05, 0.1) is 6.04 Å². The number of H-pyrrole nitrogens is 1. The van der Waals surface area contributed by atoms with Gasteiger partial charge in [-0.25, -0.2) is 4.98 Å². The van der Waals surface area contributed by atoms with E-state index in [1.54, 1.807) is 23.4 Å². The number of para-hydroxylation sites is 1. The highest BCUT2D eigenvalue weighted by Crippen LogP contribution is 2.54. The fraction of sp³-hybridized carbons (Fsp3) is 0.190. The molecule has 0 bridgehead atoms. The number of nitrogens with zero attached hydrogens (tertiary/aromatic N) is 3. The molecule has 1 fully saturated rings. The van der Waals surface area contributed by atoms with Crippen LogP contribution in [0.4, 0.5) is 5.69 Å². The second kappa shape index (κ2) is 6.37. The minimum Gasteiger partial charge on any atom is -0.329 e. The predicted octanol–water partition coefficient (Wildman–Crippen LogP) is 1.64. The van der Waals surface area contributed by atoms with Crippen molar-refractivity contribution in [2.45, 2.75) is 17.9 Å². The summed E-state index contributed by atoms with van der Waals surface area (Å²) in [6.45, 7) is 0.316. The number of hydrogen-bond donors (Lipinski definition) is 2. The maximum atomic E-state index is 13.3. The molecule has 2 aliphatic rings. The fourth-order valence-electron chi connectivity index (χ4n) is 4.55. The highest BCUT2D eigenvalue weighted by molar-refractivity contribution is 6.08. The van der Waals surface area contributed by atoms with Crippen molar-refractivity contribution >= 4 is 17.5 Å². The summed E-state index contributed by atoms with van der Waals surface area (Å²) in [5, 5.41) is 2.96. The molecule has 3 aromatic rings. The molecule has 8 heteroatoms. The zero-order valence-electron chi connectivity index (χ0n) is 15.3. The first-order valence-electron chi connectivity index (χ1n) is 9.28. The van der Waals surface area contributed by atoms with Gasteiger partial charge in [0.15, 0.2) is 5.69 Å². The van der Waals surface area contributed by atoms with Crippen molar-refractivity contribution in [3.63, 3.8) is 0 Å². The van der Waals surface area contributed by atoms with Crippen molar-refractivity contribution in [1.82, 2.24) is 19.9 Å². The third-order valence-electron chi connectivity index (χ3n) is 5.76. The van der Waals surface area contributed by atoms with Crippen molar-refractivity contribution in [2.75, 3.05) is 11.9 Å². The van der Waals surface area contributed by atoms with Crippen molar-refractivity contribution in [2.24, 2.45) is 0 Å². The average Bonchev–Trinajstić information content (AvgIpc) is 3.28. The molecular weight excluding hydrogens is 370 g/mol. The molecule has 4 heterocycles. The van der Waals surface area contributed by atoms with Gasteiger partial charge in [0.1, 0.15) is 5.41 Å². The molecule has 2 unspecified atom stereocenters. The van der Waals surface area contributed by atoms with Crippen LogP contribution in [0.25, 0.3) is 0 Å². The SMILES string of the molecule is O=C(c1ncc[nH]c1=O)N1CCC2(C(=O)Nc3ccccc32)C1c1cccnc1. The zero-order chi connectivity index (χ0) is 20.0. The van der Waals surface area contributed by atoms with E-state index in [0.29, 0.717) is 13.0 Å². The number of carbonyl (C=O) groups is 2. The molecule has 5 rings (SSSR count). The van der Waals surface area contributed by atoms with Crippen LogP contribution < -0.4 is 10.9 Å². The van der Waals surface area contributed by atoms with Gasteiger partial charge in [0.2, 0.25) is 5.91 Å². The second-order valence-corrected chi connectivity index (χ2v) is 7.18. The summed E-state index contributed by atoms with van der Waals surface area (Å²) in [5.74, 6) is -0.660. The monoisotopic (exact) mass is 387 g/mol. The molecule has 2 aromatic heterocycles. The summed E-state index contributed by atoms with van der Waals surface area (Å²) in [5.41, 5.74) is 0.638. The Morgan fingerprint density at radius 3 is 2.79 bits per heavy atom. The number of aromatic nitrogens is 3. The van der Waals surface area contributed by atoms with E-state index < -0.39 is 22.9 Å². The standard InChI is InChI=1S/C21H17N5O3/c27-18-16(23-9-10-24-18)19(28)26-11-7-21(17(26)13-4-3-8-22-12-13)14-5-1-2-6-15(14)25-20(21)29/h1-6,8-10,12,17H,7,11H2,(H,24,27)(H,25,29). The Hall–Kier alpha value is -3.81. The molecule has 144 valence electrons. The van der Waals surface area contributed by atoms with E-state index in [-0.39, 0.29) is 11.6 Å². The Kier molecular flexibility index (Phi) is 3.80. The minimum atomic E-state index is -0.948. The Morgan fingerprint density at radius 2 is 2.00 bits per heavy atom. The van der Waals surface area contributed by atoms with Crippen LogP contribution in [0, 0.1) is 0 Å². The first-order valence-corrected chi connectivity index (χ1v) is 9.28. The fourth-order valence-corrected chi connectivity index (χ4v) is 4.55. The lowest BCUT2D eigenvalue weighted by Gasteiger charge is -2.33. The van der Waals surface area contributed by atoms with Crippen LogP contribution in [0.1, 0.15) is 34.1 Å². The molecule has 0 radical (unpaired) electrons. The quantitative estimate of drug-likeness (QED) is 0.695. The summed E-state index contributed by atoms with van der Waals surface area (Å²) in [7, 11) is 0. The van der Waals surface area contributed by atoms with Crippen LogP contribution >= 0.6 is 0 Å². The first-order chi connectivity index (χ1) is 14.1. The topological polar surface area (TPSA) is 108 Å². The van der Waals surface area contributed by atoms with Crippen LogP contribution in [0.3, 0.4) is 0 Å². The highest BCUT2D eigenvalue weighted by atomic mass is 16.2. The molecule has 2 amide bonds.